The van der Waals surface area contributed by atoms with Crippen LogP contribution in [0.4, 0.5) is 5.69 Å². The molecule has 0 aliphatic carbocycles. The van der Waals surface area contributed by atoms with E-state index in [1.165, 1.54) is 0 Å². The summed E-state index contributed by atoms with van der Waals surface area (Å²) in [6.07, 6.45) is 0.210. The molecule has 19 heavy (non-hydrogen) atoms. The molecule has 0 saturated heterocycles. The van der Waals surface area contributed by atoms with Crippen molar-refractivity contribution in [3.8, 4) is 0 Å². The number of nitrogens with two attached hydrogens (primary N) is 1. The Labute approximate surface area is 113 Å². The lowest BCUT2D eigenvalue weighted by Crippen LogP contribution is -2.44. The largest absolute Gasteiger partial charge is 0.370 e. The van der Waals surface area contributed by atoms with Crippen LogP contribution < -0.4 is 16.4 Å². The normalized spacial score (nSPS) is 13.6. The minimum absolute atomic E-state index is 0.128. The van der Waals surface area contributed by atoms with Crippen LogP contribution in [0.3, 0.4) is 0 Å². The lowest BCUT2D eigenvalue weighted by atomic mass is 10.2. The van der Waals surface area contributed by atoms with E-state index in [2.05, 4.69) is 10.6 Å². The van der Waals surface area contributed by atoms with Crippen LogP contribution in [0.1, 0.15) is 25.8 Å². The molecule has 0 bridgehead atoms. The Balaban J connectivity index is 2.48. The van der Waals surface area contributed by atoms with Crippen LogP contribution in [0.15, 0.2) is 24.3 Å². The number of nitrogens with one attached hydrogen (secondary N) is 2. The standard InChI is InChI=1S/C14H21N3O2/c1-9-4-6-12(7-5-9)17-14(19)11(3)16-10(2)8-13(15)18/h4-7,10-11,16H,8H2,1-3H3,(H2,15,18)(H,17,19). The molecule has 0 aliphatic rings. The molecule has 0 heterocycles. The van der Waals surface area contributed by atoms with E-state index in [4.69, 9.17) is 5.73 Å². The van der Waals surface area contributed by atoms with Gasteiger partial charge in [-0.05, 0) is 32.9 Å². The number of primary amides is 1. The molecule has 0 aromatic heterocycles. The van der Waals surface area contributed by atoms with Crippen LogP contribution in [0.2, 0.25) is 0 Å². The zero-order valence-electron chi connectivity index (χ0n) is 11.6. The number of amides is 2. The smallest absolute Gasteiger partial charge is 0.241 e. The van der Waals surface area contributed by atoms with Crippen LogP contribution in [0, 0.1) is 6.92 Å². The number of carbonyl (C=O) groups is 2. The van der Waals surface area contributed by atoms with Gasteiger partial charge in [0.2, 0.25) is 11.8 Å². The van der Waals surface area contributed by atoms with Crippen molar-refractivity contribution in [2.24, 2.45) is 5.73 Å². The first kappa shape index (κ1) is 15.2. The third-order valence-electron chi connectivity index (χ3n) is 2.75. The van der Waals surface area contributed by atoms with Gasteiger partial charge in [-0.25, -0.2) is 0 Å². The highest BCUT2D eigenvalue weighted by Gasteiger charge is 2.16. The lowest BCUT2D eigenvalue weighted by molar-refractivity contribution is -0.120. The fraction of sp³-hybridized carbons (Fsp3) is 0.429. The van der Waals surface area contributed by atoms with E-state index < -0.39 is 6.04 Å². The molecule has 2 atom stereocenters. The van der Waals surface area contributed by atoms with Crippen LogP contribution in [-0.4, -0.2) is 23.9 Å². The molecule has 2 amide bonds. The van der Waals surface area contributed by atoms with Gasteiger partial charge in [0.15, 0.2) is 0 Å². The van der Waals surface area contributed by atoms with E-state index in [1.54, 1.807) is 6.92 Å². The predicted octanol–water partition coefficient (Wildman–Crippen LogP) is 1.18. The minimum Gasteiger partial charge on any atom is -0.370 e. The van der Waals surface area contributed by atoms with Crippen molar-refractivity contribution in [2.45, 2.75) is 39.3 Å². The van der Waals surface area contributed by atoms with Gasteiger partial charge in [0.1, 0.15) is 0 Å². The number of benzene rings is 1. The van der Waals surface area contributed by atoms with Gasteiger partial charge in [-0.3, -0.25) is 9.59 Å². The minimum atomic E-state index is -0.393. The van der Waals surface area contributed by atoms with Crippen molar-refractivity contribution in [2.75, 3.05) is 5.32 Å². The first-order valence-corrected chi connectivity index (χ1v) is 6.30. The number of hydrogen-bond donors (Lipinski definition) is 3. The summed E-state index contributed by atoms with van der Waals surface area (Å²) in [6, 6.07) is 7.05. The van der Waals surface area contributed by atoms with Crippen molar-refractivity contribution in [1.82, 2.24) is 5.32 Å². The summed E-state index contributed by atoms with van der Waals surface area (Å²) < 4.78 is 0. The van der Waals surface area contributed by atoms with Crippen molar-refractivity contribution in [1.29, 1.82) is 0 Å². The average molecular weight is 263 g/mol. The van der Waals surface area contributed by atoms with Gasteiger partial charge in [-0.2, -0.15) is 0 Å². The Morgan fingerprint density at radius 1 is 1.21 bits per heavy atom. The summed E-state index contributed by atoms with van der Waals surface area (Å²) in [5.41, 5.74) is 7.00. The number of carbonyl (C=O) groups excluding carboxylic acids is 2. The van der Waals surface area contributed by atoms with Crippen molar-refractivity contribution < 1.29 is 9.59 Å². The SMILES string of the molecule is Cc1ccc(NC(=O)C(C)NC(C)CC(N)=O)cc1. The van der Waals surface area contributed by atoms with Gasteiger partial charge in [-0.1, -0.05) is 17.7 Å². The second-order valence-electron chi connectivity index (χ2n) is 4.82. The average Bonchev–Trinajstić information content (AvgIpc) is 2.30. The molecule has 0 saturated carbocycles. The maximum atomic E-state index is 11.9. The molecule has 5 nitrogen and oxygen atoms in total. The van der Waals surface area contributed by atoms with Crippen LogP contribution in [0.5, 0.6) is 0 Å². The quantitative estimate of drug-likeness (QED) is 0.720. The summed E-state index contributed by atoms with van der Waals surface area (Å²) in [6.45, 7) is 5.56. The number of rotatable bonds is 6. The molecule has 0 fully saturated rings. The van der Waals surface area contributed by atoms with E-state index >= 15 is 0 Å². The maximum absolute atomic E-state index is 11.9. The van der Waals surface area contributed by atoms with Gasteiger partial charge < -0.3 is 16.4 Å². The highest BCUT2D eigenvalue weighted by atomic mass is 16.2. The van der Waals surface area contributed by atoms with E-state index in [0.29, 0.717) is 0 Å². The molecule has 0 aliphatic heterocycles. The van der Waals surface area contributed by atoms with Gasteiger partial charge in [0, 0.05) is 18.2 Å². The lowest BCUT2D eigenvalue weighted by Gasteiger charge is -2.18. The Hall–Kier alpha value is -1.88. The molecule has 104 valence electrons. The molecule has 4 N–H and O–H groups in total. The van der Waals surface area contributed by atoms with Crippen LogP contribution in [0.25, 0.3) is 0 Å². The van der Waals surface area contributed by atoms with E-state index in [1.807, 2.05) is 38.1 Å². The summed E-state index contributed by atoms with van der Waals surface area (Å²) in [5.74, 6) is -0.522. The number of hydrogen-bond acceptors (Lipinski definition) is 3. The molecule has 2 unspecified atom stereocenters. The Morgan fingerprint density at radius 3 is 2.32 bits per heavy atom. The van der Waals surface area contributed by atoms with E-state index in [-0.39, 0.29) is 24.3 Å². The van der Waals surface area contributed by atoms with Gasteiger partial charge in [-0.15, -0.1) is 0 Å². The van der Waals surface area contributed by atoms with E-state index in [9.17, 15) is 9.59 Å². The second-order valence-corrected chi connectivity index (χ2v) is 4.82. The summed E-state index contributed by atoms with van der Waals surface area (Å²) in [5, 5.41) is 5.84. The highest BCUT2D eigenvalue weighted by Crippen LogP contribution is 2.09. The molecule has 1 rings (SSSR count). The first-order chi connectivity index (χ1) is 8.88. The zero-order valence-corrected chi connectivity index (χ0v) is 11.6. The van der Waals surface area contributed by atoms with Crippen molar-refractivity contribution in [3.05, 3.63) is 29.8 Å². The van der Waals surface area contributed by atoms with Crippen LogP contribution in [-0.2, 0) is 9.59 Å². The molecule has 1 aromatic rings. The molecule has 1 aromatic carbocycles. The number of anilines is 1. The molecule has 0 spiro atoms. The highest BCUT2D eigenvalue weighted by molar-refractivity contribution is 5.94. The predicted molar refractivity (Wildman–Crippen MR) is 75.7 cm³/mol. The van der Waals surface area contributed by atoms with Gasteiger partial charge in [0.05, 0.1) is 6.04 Å². The first-order valence-electron chi connectivity index (χ1n) is 6.30. The van der Waals surface area contributed by atoms with E-state index in [0.717, 1.165) is 11.3 Å². The second kappa shape index (κ2) is 6.89. The topological polar surface area (TPSA) is 84.2 Å². The van der Waals surface area contributed by atoms with Gasteiger partial charge in [0.25, 0.3) is 0 Å². The molecular weight excluding hydrogens is 242 g/mol. The van der Waals surface area contributed by atoms with Gasteiger partial charge >= 0.3 is 0 Å². The third-order valence-corrected chi connectivity index (χ3v) is 2.75. The maximum Gasteiger partial charge on any atom is 0.241 e. The monoisotopic (exact) mass is 263 g/mol. The Bertz CT molecular complexity index is 443. The van der Waals surface area contributed by atoms with Crippen LogP contribution >= 0.6 is 0 Å². The molecule has 5 heteroatoms. The fourth-order valence-electron chi connectivity index (χ4n) is 1.75. The Kier molecular flexibility index (Phi) is 5.51. The molecule has 0 radical (unpaired) electrons. The number of aryl methyl sites for hydroxylation is 1. The third kappa shape index (κ3) is 5.52. The zero-order chi connectivity index (χ0) is 14.4. The summed E-state index contributed by atoms with van der Waals surface area (Å²) in [7, 11) is 0. The Morgan fingerprint density at radius 2 is 1.79 bits per heavy atom. The van der Waals surface area contributed by atoms with Crippen molar-refractivity contribution >= 4 is 17.5 Å². The molecular formula is C14H21N3O2. The summed E-state index contributed by atoms with van der Waals surface area (Å²) >= 11 is 0. The summed E-state index contributed by atoms with van der Waals surface area (Å²) in [4.78, 5) is 22.7. The van der Waals surface area contributed by atoms with Crippen molar-refractivity contribution in [3.63, 3.8) is 0 Å². The fourth-order valence-corrected chi connectivity index (χ4v) is 1.75.